The number of likely N-dealkylation sites (tertiary alicyclic amines) is 1. The highest BCUT2D eigenvalue weighted by Crippen LogP contribution is 2.32. The Kier molecular flexibility index (Phi) is 6.63. The molecule has 0 spiro atoms. The predicted octanol–water partition coefficient (Wildman–Crippen LogP) is 3.11. The molecule has 32 heavy (non-hydrogen) atoms. The first-order valence-corrected chi connectivity index (χ1v) is 11.1. The number of likely N-dealkylation sites (N-methyl/N-ethyl adjacent to an activating group) is 1. The summed E-state index contributed by atoms with van der Waals surface area (Å²) in [5.41, 5.74) is 0.187. The summed E-state index contributed by atoms with van der Waals surface area (Å²) in [4.78, 5) is 21.7. The van der Waals surface area contributed by atoms with Gasteiger partial charge < -0.3 is 14.3 Å². The lowest BCUT2D eigenvalue weighted by molar-refractivity contribution is -0.916. The smallest absolute Gasteiger partial charge is 0.348 e. The van der Waals surface area contributed by atoms with Gasteiger partial charge in [0.15, 0.2) is 6.10 Å². The summed E-state index contributed by atoms with van der Waals surface area (Å²) in [6, 6.07) is 20.0. The number of carbonyl (C=O) groups excluding carboxylic acids is 1. The fraction of sp³-hybridized carbons (Fsp3) is 0.346. The highest BCUT2D eigenvalue weighted by molar-refractivity contribution is 5.85. The molecule has 4 rings (SSSR count). The molecule has 0 saturated carbocycles. The summed E-state index contributed by atoms with van der Waals surface area (Å²) >= 11 is 0. The van der Waals surface area contributed by atoms with Crippen molar-refractivity contribution in [2.24, 2.45) is 0 Å². The molecule has 1 aliphatic heterocycles. The summed E-state index contributed by atoms with van der Waals surface area (Å²) in [5.74, 6) is -0.621. The zero-order valence-corrected chi connectivity index (χ0v) is 18.4. The van der Waals surface area contributed by atoms with Gasteiger partial charge in [0.05, 0.1) is 20.1 Å². The molecule has 0 bridgehead atoms. The van der Waals surface area contributed by atoms with Crippen LogP contribution in [0.15, 0.2) is 79.3 Å². The molecular weight excluding hydrogens is 402 g/mol. The highest BCUT2D eigenvalue weighted by atomic mass is 16.6. The lowest BCUT2D eigenvalue weighted by Gasteiger charge is -2.41. The number of piperidine rings is 1. The van der Waals surface area contributed by atoms with E-state index in [9.17, 15) is 9.90 Å². The summed E-state index contributed by atoms with van der Waals surface area (Å²) < 4.78 is 6.79. The standard InChI is InChI=1S/C26H30N3O3/c1-29(18-15-23-14-16-27-20-28-23)17-8-13-24(19-29)32-25(30)26(31,21-9-4-2-5-10-21)22-11-6-3-7-12-22/h2-7,9-12,14,16,20,24,31H,8,13,15,17-19H2,1H3/q+1. The second kappa shape index (κ2) is 9.59. The normalized spacial score (nSPS) is 21.1. The Morgan fingerprint density at radius 3 is 2.34 bits per heavy atom. The zero-order chi connectivity index (χ0) is 22.4. The van der Waals surface area contributed by atoms with Crippen LogP contribution in [0.5, 0.6) is 0 Å². The molecule has 1 N–H and O–H groups in total. The van der Waals surface area contributed by atoms with Gasteiger partial charge in [-0.3, -0.25) is 0 Å². The van der Waals surface area contributed by atoms with E-state index in [1.165, 1.54) is 0 Å². The van der Waals surface area contributed by atoms with Crippen molar-refractivity contribution in [1.29, 1.82) is 0 Å². The van der Waals surface area contributed by atoms with Gasteiger partial charge in [-0.1, -0.05) is 60.7 Å². The van der Waals surface area contributed by atoms with E-state index in [4.69, 9.17) is 4.74 Å². The van der Waals surface area contributed by atoms with Crippen LogP contribution in [-0.2, 0) is 21.6 Å². The molecular formula is C26H30N3O3+. The third-order valence-electron chi connectivity index (χ3n) is 6.37. The van der Waals surface area contributed by atoms with Crippen molar-refractivity contribution < 1.29 is 19.1 Å². The maximum absolute atomic E-state index is 13.4. The van der Waals surface area contributed by atoms with E-state index in [-0.39, 0.29) is 6.10 Å². The van der Waals surface area contributed by atoms with Crippen molar-refractivity contribution in [3.8, 4) is 0 Å². The third-order valence-corrected chi connectivity index (χ3v) is 6.37. The van der Waals surface area contributed by atoms with Gasteiger partial charge in [0.25, 0.3) is 0 Å². The third kappa shape index (κ3) is 4.87. The number of aliphatic hydroxyl groups is 1. The Bertz CT molecular complexity index is 975. The number of aromatic nitrogens is 2. The van der Waals surface area contributed by atoms with E-state index in [2.05, 4.69) is 17.0 Å². The van der Waals surface area contributed by atoms with Gasteiger partial charge in [-0.15, -0.1) is 0 Å². The van der Waals surface area contributed by atoms with E-state index >= 15 is 0 Å². The van der Waals surface area contributed by atoms with Crippen LogP contribution in [0.1, 0.15) is 29.7 Å². The molecule has 166 valence electrons. The summed E-state index contributed by atoms with van der Waals surface area (Å²) in [6.07, 6.45) is 5.70. The van der Waals surface area contributed by atoms with E-state index < -0.39 is 11.6 Å². The van der Waals surface area contributed by atoms with Gasteiger partial charge in [0, 0.05) is 24.7 Å². The van der Waals surface area contributed by atoms with Crippen LogP contribution >= 0.6 is 0 Å². The number of ether oxygens (including phenoxy) is 1. The number of rotatable bonds is 7. The first kappa shape index (κ1) is 22.1. The van der Waals surface area contributed by atoms with Crippen LogP contribution in [0.25, 0.3) is 0 Å². The SMILES string of the molecule is C[N+]1(CCc2ccncn2)CCCC(OC(=O)C(O)(c2ccccc2)c2ccccc2)C1. The van der Waals surface area contributed by atoms with Crippen molar-refractivity contribution in [3.63, 3.8) is 0 Å². The van der Waals surface area contributed by atoms with Crippen molar-refractivity contribution in [1.82, 2.24) is 9.97 Å². The molecule has 1 aromatic heterocycles. The van der Waals surface area contributed by atoms with Crippen LogP contribution in [-0.4, -0.2) is 58.3 Å². The van der Waals surface area contributed by atoms with Crippen LogP contribution in [0.2, 0.25) is 0 Å². The monoisotopic (exact) mass is 432 g/mol. The van der Waals surface area contributed by atoms with E-state index in [1.54, 1.807) is 36.8 Å². The minimum atomic E-state index is -1.84. The number of carbonyl (C=O) groups is 1. The van der Waals surface area contributed by atoms with E-state index in [0.29, 0.717) is 11.1 Å². The molecule has 0 aliphatic carbocycles. The van der Waals surface area contributed by atoms with Gasteiger partial charge in [-0.05, 0) is 23.6 Å². The largest absolute Gasteiger partial charge is 0.454 e. The molecule has 3 aromatic rings. The van der Waals surface area contributed by atoms with Crippen molar-refractivity contribution in [3.05, 3.63) is 96.1 Å². The molecule has 2 atom stereocenters. The van der Waals surface area contributed by atoms with E-state index in [1.807, 2.05) is 42.5 Å². The maximum Gasteiger partial charge on any atom is 0.348 e. The minimum absolute atomic E-state index is 0.245. The average Bonchev–Trinajstić information content (AvgIpc) is 2.84. The quantitative estimate of drug-likeness (QED) is 0.459. The molecule has 2 heterocycles. The molecule has 6 heteroatoms. The number of hydrogen-bond acceptors (Lipinski definition) is 5. The Morgan fingerprint density at radius 1 is 1.09 bits per heavy atom. The van der Waals surface area contributed by atoms with Gasteiger partial charge >= 0.3 is 5.97 Å². The predicted molar refractivity (Wildman–Crippen MR) is 122 cm³/mol. The molecule has 2 aromatic carbocycles. The Hall–Kier alpha value is -3.09. The first-order chi connectivity index (χ1) is 15.5. The van der Waals surface area contributed by atoms with Crippen LogP contribution in [0.4, 0.5) is 0 Å². The molecule has 0 amide bonds. The molecule has 1 aliphatic rings. The topological polar surface area (TPSA) is 72.3 Å². The fourth-order valence-corrected chi connectivity index (χ4v) is 4.52. The molecule has 1 fully saturated rings. The zero-order valence-electron chi connectivity index (χ0n) is 18.4. The number of benzene rings is 2. The lowest BCUT2D eigenvalue weighted by atomic mass is 9.86. The van der Waals surface area contributed by atoms with Gasteiger partial charge in [-0.25, -0.2) is 14.8 Å². The number of nitrogens with zero attached hydrogens (tertiary/aromatic N) is 3. The highest BCUT2D eigenvalue weighted by Gasteiger charge is 2.44. The number of hydrogen-bond donors (Lipinski definition) is 1. The second-order valence-corrected chi connectivity index (χ2v) is 8.81. The van der Waals surface area contributed by atoms with Crippen molar-refractivity contribution in [2.45, 2.75) is 31.0 Å². The molecule has 6 nitrogen and oxygen atoms in total. The Labute approximate surface area is 189 Å². The van der Waals surface area contributed by atoms with Gasteiger partial charge in [0.1, 0.15) is 12.9 Å². The van der Waals surface area contributed by atoms with Gasteiger partial charge in [-0.2, -0.15) is 0 Å². The summed E-state index contributed by atoms with van der Waals surface area (Å²) in [7, 11) is 2.20. The number of esters is 1. The van der Waals surface area contributed by atoms with Gasteiger partial charge in [0.2, 0.25) is 5.60 Å². The maximum atomic E-state index is 13.4. The minimum Gasteiger partial charge on any atom is -0.454 e. The van der Waals surface area contributed by atoms with Crippen LogP contribution in [0.3, 0.4) is 0 Å². The second-order valence-electron chi connectivity index (χ2n) is 8.81. The summed E-state index contributed by atoms with van der Waals surface area (Å²) in [6.45, 7) is 2.66. The Morgan fingerprint density at radius 2 is 1.75 bits per heavy atom. The Balaban J connectivity index is 1.49. The molecule has 2 unspecified atom stereocenters. The van der Waals surface area contributed by atoms with Crippen molar-refractivity contribution in [2.75, 3.05) is 26.7 Å². The van der Waals surface area contributed by atoms with Crippen LogP contribution in [0, 0.1) is 0 Å². The van der Waals surface area contributed by atoms with Crippen LogP contribution < -0.4 is 0 Å². The number of quaternary nitrogens is 1. The van der Waals surface area contributed by atoms with E-state index in [0.717, 1.165) is 49.1 Å². The molecule has 1 saturated heterocycles. The van der Waals surface area contributed by atoms with Crippen molar-refractivity contribution >= 4 is 5.97 Å². The molecule has 0 radical (unpaired) electrons. The fourth-order valence-electron chi connectivity index (χ4n) is 4.52. The lowest BCUT2D eigenvalue weighted by Crippen LogP contribution is -2.55. The summed E-state index contributed by atoms with van der Waals surface area (Å²) in [5, 5.41) is 11.6. The first-order valence-electron chi connectivity index (χ1n) is 11.1. The average molecular weight is 433 g/mol.